The van der Waals surface area contributed by atoms with Crippen molar-refractivity contribution in [2.24, 2.45) is 0 Å². The van der Waals surface area contributed by atoms with E-state index in [9.17, 15) is 24.1 Å². The van der Waals surface area contributed by atoms with Crippen molar-refractivity contribution in [1.82, 2.24) is 4.90 Å². The molecule has 4 rings (SSSR count). The first-order valence-corrected chi connectivity index (χ1v) is 11.3. The van der Waals surface area contributed by atoms with Crippen LogP contribution in [0.25, 0.3) is 0 Å². The minimum Gasteiger partial charge on any atom is -0.366 e. The second-order valence-electron chi connectivity index (χ2n) is 8.13. The summed E-state index contributed by atoms with van der Waals surface area (Å²) in [5.74, 6) is -1.34. The van der Waals surface area contributed by atoms with Gasteiger partial charge < -0.3 is 15.1 Å². The minimum absolute atomic E-state index is 0.0405. The molecule has 0 aliphatic carbocycles. The molecule has 3 aromatic carbocycles. The predicted octanol–water partition coefficient (Wildman–Crippen LogP) is 4.91. The average molecular weight is 497 g/mol. The van der Waals surface area contributed by atoms with E-state index in [0.29, 0.717) is 42.5 Å². The van der Waals surface area contributed by atoms with Crippen molar-refractivity contribution in [2.75, 3.05) is 36.4 Å². The predicted molar refractivity (Wildman–Crippen MR) is 132 cm³/mol. The number of halogens is 2. The van der Waals surface area contributed by atoms with Gasteiger partial charge in [-0.15, -0.1) is 0 Å². The van der Waals surface area contributed by atoms with Crippen LogP contribution in [0.5, 0.6) is 0 Å². The first-order chi connectivity index (χ1) is 16.7. The van der Waals surface area contributed by atoms with E-state index in [2.05, 4.69) is 5.32 Å². The lowest BCUT2D eigenvalue weighted by molar-refractivity contribution is -0.385. The number of benzene rings is 3. The third-order valence-corrected chi connectivity index (χ3v) is 6.11. The van der Waals surface area contributed by atoms with Crippen molar-refractivity contribution in [2.45, 2.75) is 6.92 Å². The molecule has 1 saturated heterocycles. The molecule has 0 aromatic heterocycles. The number of nitro benzene ring substituents is 1. The molecular formula is C25H22ClFN4O4. The summed E-state index contributed by atoms with van der Waals surface area (Å²) < 4.78 is 14.0. The number of amides is 2. The molecule has 0 saturated carbocycles. The molecule has 1 fully saturated rings. The number of nitro groups is 1. The van der Waals surface area contributed by atoms with E-state index < -0.39 is 16.6 Å². The lowest BCUT2D eigenvalue weighted by Gasteiger charge is -2.37. The van der Waals surface area contributed by atoms with Crippen LogP contribution < -0.4 is 10.2 Å². The normalized spacial score (nSPS) is 13.5. The molecule has 0 atom stereocenters. The number of carbonyl (C=O) groups excluding carboxylic acids is 2. The van der Waals surface area contributed by atoms with E-state index in [4.69, 9.17) is 11.6 Å². The van der Waals surface area contributed by atoms with Crippen LogP contribution in [0.15, 0.2) is 60.7 Å². The molecule has 1 aliphatic rings. The van der Waals surface area contributed by atoms with Gasteiger partial charge in [0.15, 0.2) is 0 Å². The van der Waals surface area contributed by atoms with Crippen molar-refractivity contribution < 1.29 is 18.9 Å². The zero-order valence-electron chi connectivity index (χ0n) is 18.8. The fourth-order valence-electron chi connectivity index (χ4n) is 4.04. The fraction of sp³-hybridized carbons (Fsp3) is 0.200. The molecule has 0 radical (unpaired) electrons. The highest BCUT2D eigenvalue weighted by Gasteiger charge is 2.25. The van der Waals surface area contributed by atoms with Gasteiger partial charge in [0.2, 0.25) is 0 Å². The van der Waals surface area contributed by atoms with Crippen LogP contribution in [0.1, 0.15) is 26.3 Å². The van der Waals surface area contributed by atoms with Crippen LogP contribution in [0.3, 0.4) is 0 Å². The maximum atomic E-state index is 14.0. The molecule has 180 valence electrons. The quantitative estimate of drug-likeness (QED) is 0.400. The summed E-state index contributed by atoms with van der Waals surface area (Å²) in [4.78, 5) is 39.8. The molecular weight excluding hydrogens is 475 g/mol. The highest BCUT2D eigenvalue weighted by molar-refractivity contribution is 6.31. The molecule has 0 unspecified atom stereocenters. The van der Waals surface area contributed by atoms with E-state index in [-0.39, 0.29) is 22.7 Å². The Bertz CT molecular complexity index is 1310. The van der Waals surface area contributed by atoms with Crippen LogP contribution in [-0.2, 0) is 0 Å². The van der Waals surface area contributed by atoms with Crippen LogP contribution >= 0.6 is 11.6 Å². The maximum absolute atomic E-state index is 14.0. The molecule has 35 heavy (non-hydrogen) atoms. The van der Waals surface area contributed by atoms with Gasteiger partial charge in [-0.25, -0.2) is 4.39 Å². The number of hydrogen-bond donors (Lipinski definition) is 1. The third-order valence-electron chi connectivity index (χ3n) is 5.87. The zero-order valence-corrected chi connectivity index (χ0v) is 19.6. The third kappa shape index (κ3) is 5.25. The highest BCUT2D eigenvalue weighted by Crippen LogP contribution is 2.31. The molecule has 3 aromatic rings. The molecule has 1 heterocycles. The van der Waals surface area contributed by atoms with Crippen LogP contribution in [-0.4, -0.2) is 47.8 Å². The van der Waals surface area contributed by atoms with Gasteiger partial charge in [0.25, 0.3) is 17.5 Å². The smallest absolute Gasteiger partial charge is 0.272 e. The number of nitrogens with zero attached hydrogens (tertiary/aromatic N) is 3. The Balaban J connectivity index is 1.49. The largest absolute Gasteiger partial charge is 0.366 e. The highest BCUT2D eigenvalue weighted by atomic mass is 35.5. The molecule has 1 N–H and O–H groups in total. The Morgan fingerprint density at radius 1 is 1.03 bits per heavy atom. The van der Waals surface area contributed by atoms with E-state index in [1.165, 1.54) is 30.3 Å². The van der Waals surface area contributed by atoms with Crippen LogP contribution in [0.2, 0.25) is 5.02 Å². The summed E-state index contributed by atoms with van der Waals surface area (Å²) in [7, 11) is 0. The van der Waals surface area contributed by atoms with Gasteiger partial charge in [-0.3, -0.25) is 19.7 Å². The zero-order chi connectivity index (χ0) is 25.1. The molecule has 8 nitrogen and oxygen atoms in total. The van der Waals surface area contributed by atoms with Gasteiger partial charge in [-0.2, -0.15) is 0 Å². The summed E-state index contributed by atoms with van der Waals surface area (Å²) in [6.45, 7) is 3.28. The number of hydrogen-bond acceptors (Lipinski definition) is 5. The number of anilines is 2. The second-order valence-corrected chi connectivity index (χ2v) is 8.57. The van der Waals surface area contributed by atoms with Crippen LogP contribution in [0, 0.1) is 22.9 Å². The minimum atomic E-state index is -0.552. The van der Waals surface area contributed by atoms with Crippen molar-refractivity contribution in [3.8, 4) is 0 Å². The van der Waals surface area contributed by atoms with Crippen molar-refractivity contribution >= 4 is 40.5 Å². The number of aryl methyl sites for hydroxylation is 1. The summed E-state index contributed by atoms with van der Waals surface area (Å²) >= 11 is 6.18. The Morgan fingerprint density at radius 2 is 1.74 bits per heavy atom. The maximum Gasteiger partial charge on any atom is 0.272 e. The molecule has 0 spiro atoms. The number of carbonyl (C=O) groups is 2. The van der Waals surface area contributed by atoms with Gasteiger partial charge >= 0.3 is 0 Å². The standard InChI is InChI=1S/C25H22ClFN4O4/c1-16-14-17(6-8-22(16)31(34)35)24(32)28-21-15-18(26)7-9-23(21)29-10-12-30(13-11-29)25(33)19-4-2-3-5-20(19)27/h2-9,14-15H,10-13H2,1H3,(H,28,32). The number of piperazine rings is 1. The number of rotatable bonds is 5. The fourth-order valence-corrected chi connectivity index (χ4v) is 4.21. The first kappa shape index (κ1) is 24.2. The summed E-state index contributed by atoms with van der Waals surface area (Å²) in [6, 6.07) is 15.2. The molecule has 0 bridgehead atoms. The summed E-state index contributed by atoms with van der Waals surface area (Å²) in [6.07, 6.45) is 0. The van der Waals surface area contributed by atoms with Gasteiger partial charge in [-0.05, 0) is 49.4 Å². The van der Waals surface area contributed by atoms with Gasteiger partial charge in [0.05, 0.1) is 21.9 Å². The van der Waals surface area contributed by atoms with Crippen molar-refractivity contribution in [1.29, 1.82) is 0 Å². The van der Waals surface area contributed by atoms with E-state index >= 15 is 0 Å². The van der Waals surface area contributed by atoms with E-state index in [1.54, 1.807) is 42.2 Å². The molecule has 2 amide bonds. The Hall–Kier alpha value is -3.98. The topological polar surface area (TPSA) is 95.8 Å². The van der Waals surface area contributed by atoms with Crippen LogP contribution in [0.4, 0.5) is 21.5 Å². The van der Waals surface area contributed by atoms with Gasteiger partial charge in [0, 0.05) is 48.4 Å². The van der Waals surface area contributed by atoms with Gasteiger partial charge in [0.1, 0.15) is 5.82 Å². The first-order valence-electron chi connectivity index (χ1n) is 10.9. The Morgan fingerprint density at radius 3 is 2.40 bits per heavy atom. The van der Waals surface area contributed by atoms with Crippen molar-refractivity contribution in [3.63, 3.8) is 0 Å². The Kier molecular flexibility index (Phi) is 6.97. The Labute approximate surface area is 206 Å². The summed E-state index contributed by atoms with van der Waals surface area (Å²) in [5, 5.41) is 14.3. The van der Waals surface area contributed by atoms with Gasteiger partial charge in [-0.1, -0.05) is 23.7 Å². The van der Waals surface area contributed by atoms with E-state index in [1.807, 2.05) is 4.90 Å². The molecule has 10 heteroatoms. The monoisotopic (exact) mass is 496 g/mol. The lowest BCUT2D eigenvalue weighted by atomic mass is 10.1. The average Bonchev–Trinajstić information content (AvgIpc) is 2.84. The number of nitrogens with one attached hydrogen (secondary N) is 1. The second kappa shape index (κ2) is 10.1. The molecule has 1 aliphatic heterocycles. The summed E-state index contributed by atoms with van der Waals surface area (Å²) in [5.41, 5.74) is 1.84. The SMILES string of the molecule is Cc1cc(C(=O)Nc2cc(Cl)ccc2N2CCN(C(=O)c3ccccc3F)CC2)ccc1[N+](=O)[O-]. The van der Waals surface area contributed by atoms with Crippen molar-refractivity contribution in [3.05, 3.63) is 98.3 Å². The van der Waals surface area contributed by atoms with E-state index in [0.717, 1.165) is 5.69 Å². The lowest BCUT2D eigenvalue weighted by Crippen LogP contribution is -2.49.